The van der Waals surface area contributed by atoms with Gasteiger partial charge in [0.15, 0.2) is 0 Å². The highest BCUT2D eigenvalue weighted by Gasteiger charge is 2.12. The lowest BCUT2D eigenvalue weighted by molar-refractivity contribution is -0.115. The van der Waals surface area contributed by atoms with Crippen LogP contribution < -0.4 is 5.32 Å². The summed E-state index contributed by atoms with van der Waals surface area (Å²) in [6.07, 6.45) is 2.31. The summed E-state index contributed by atoms with van der Waals surface area (Å²) in [5.74, 6) is -0.291. The molecular formula is C23H19FN2O. The first-order valence-electron chi connectivity index (χ1n) is 8.85. The van der Waals surface area contributed by atoms with Crippen molar-refractivity contribution in [3.8, 4) is 0 Å². The zero-order valence-corrected chi connectivity index (χ0v) is 14.7. The van der Waals surface area contributed by atoms with E-state index in [-0.39, 0.29) is 11.7 Å². The van der Waals surface area contributed by atoms with E-state index >= 15 is 0 Å². The minimum Gasteiger partial charge on any atom is -0.343 e. The number of nitrogens with one attached hydrogen (secondary N) is 1. The number of fused-ring (bicyclic) bond motifs is 1. The van der Waals surface area contributed by atoms with E-state index in [0.717, 1.165) is 27.7 Å². The average Bonchev–Trinajstić information content (AvgIpc) is 3.02. The van der Waals surface area contributed by atoms with Crippen LogP contribution in [0.15, 0.2) is 85.1 Å². The van der Waals surface area contributed by atoms with Crippen molar-refractivity contribution in [2.75, 3.05) is 5.32 Å². The molecule has 1 heterocycles. The predicted octanol–water partition coefficient (Wildman–Crippen LogP) is 5.01. The molecule has 4 heteroatoms. The van der Waals surface area contributed by atoms with Crippen LogP contribution in [0.2, 0.25) is 0 Å². The van der Waals surface area contributed by atoms with Crippen molar-refractivity contribution in [3.05, 3.63) is 102 Å². The first-order chi connectivity index (χ1) is 13.2. The van der Waals surface area contributed by atoms with Gasteiger partial charge in [-0.2, -0.15) is 0 Å². The lowest BCUT2D eigenvalue weighted by atomic mass is 10.1. The first kappa shape index (κ1) is 17.0. The highest BCUT2D eigenvalue weighted by atomic mass is 19.1. The van der Waals surface area contributed by atoms with Gasteiger partial charge in [-0.05, 0) is 41.5 Å². The molecule has 3 aromatic carbocycles. The maximum Gasteiger partial charge on any atom is 0.228 e. The number of amides is 1. The first-order valence-corrected chi connectivity index (χ1v) is 8.85. The second-order valence-electron chi connectivity index (χ2n) is 6.52. The molecule has 27 heavy (non-hydrogen) atoms. The van der Waals surface area contributed by atoms with Gasteiger partial charge < -0.3 is 9.88 Å². The normalized spacial score (nSPS) is 10.9. The molecule has 3 nitrogen and oxygen atoms in total. The Morgan fingerprint density at radius 3 is 2.37 bits per heavy atom. The Morgan fingerprint density at radius 2 is 1.59 bits per heavy atom. The van der Waals surface area contributed by atoms with Gasteiger partial charge in [-0.1, -0.05) is 48.5 Å². The standard InChI is InChI=1S/C23H19FN2O/c24-19-12-10-17(11-13-19)15-26-16-18(21-8-4-5-9-22(21)26)14-23(27)25-20-6-2-1-3-7-20/h1-13,16H,14-15H2,(H,25,27). The van der Waals surface area contributed by atoms with Crippen molar-refractivity contribution in [3.63, 3.8) is 0 Å². The van der Waals surface area contributed by atoms with Crippen LogP contribution in [0.5, 0.6) is 0 Å². The Bertz CT molecular complexity index is 1070. The van der Waals surface area contributed by atoms with Crippen LogP contribution in [0.1, 0.15) is 11.1 Å². The summed E-state index contributed by atoms with van der Waals surface area (Å²) in [4.78, 5) is 12.5. The van der Waals surface area contributed by atoms with Crippen LogP contribution in [0.3, 0.4) is 0 Å². The number of aromatic nitrogens is 1. The average molecular weight is 358 g/mol. The number of halogens is 1. The molecule has 1 amide bonds. The minimum atomic E-state index is -0.241. The minimum absolute atomic E-state index is 0.0501. The molecule has 4 rings (SSSR count). The van der Waals surface area contributed by atoms with E-state index in [9.17, 15) is 9.18 Å². The molecule has 4 aromatic rings. The van der Waals surface area contributed by atoms with Gasteiger partial charge in [-0.3, -0.25) is 4.79 Å². The number of para-hydroxylation sites is 2. The lowest BCUT2D eigenvalue weighted by Gasteiger charge is -2.05. The fourth-order valence-corrected chi connectivity index (χ4v) is 3.28. The van der Waals surface area contributed by atoms with E-state index in [1.807, 2.05) is 60.8 Å². The van der Waals surface area contributed by atoms with Crippen LogP contribution in [-0.2, 0) is 17.8 Å². The number of nitrogens with zero attached hydrogens (tertiary/aromatic N) is 1. The Hall–Kier alpha value is -3.40. The van der Waals surface area contributed by atoms with E-state index in [2.05, 4.69) is 9.88 Å². The smallest absolute Gasteiger partial charge is 0.228 e. The van der Waals surface area contributed by atoms with Gasteiger partial charge in [0.25, 0.3) is 0 Å². The molecule has 0 aliphatic carbocycles. The van der Waals surface area contributed by atoms with Crippen molar-refractivity contribution >= 4 is 22.5 Å². The zero-order chi connectivity index (χ0) is 18.6. The molecule has 1 N–H and O–H groups in total. The molecule has 0 fully saturated rings. The fraction of sp³-hybridized carbons (Fsp3) is 0.0870. The van der Waals surface area contributed by atoms with Crippen molar-refractivity contribution in [2.45, 2.75) is 13.0 Å². The van der Waals surface area contributed by atoms with E-state index in [1.165, 1.54) is 12.1 Å². The molecule has 0 bridgehead atoms. The van der Waals surface area contributed by atoms with Gasteiger partial charge in [-0.25, -0.2) is 4.39 Å². The van der Waals surface area contributed by atoms with Crippen LogP contribution in [0.25, 0.3) is 10.9 Å². The van der Waals surface area contributed by atoms with Crippen LogP contribution in [0, 0.1) is 5.82 Å². The molecule has 0 saturated carbocycles. The van der Waals surface area contributed by atoms with E-state index < -0.39 is 0 Å². The van der Waals surface area contributed by atoms with Gasteiger partial charge in [0.05, 0.1) is 6.42 Å². The third kappa shape index (κ3) is 3.90. The summed E-state index contributed by atoms with van der Waals surface area (Å²) in [6.45, 7) is 0.626. The third-order valence-electron chi connectivity index (χ3n) is 4.55. The molecule has 0 unspecified atom stereocenters. The quantitative estimate of drug-likeness (QED) is 0.535. The maximum atomic E-state index is 13.2. The number of hydrogen-bond donors (Lipinski definition) is 1. The Labute approximate surface area is 157 Å². The summed E-state index contributed by atoms with van der Waals surface area (Å²) < 4.78 is 15.3. The molecule has 0 radical (unpaired) electrons. The number of carbonyl (C=O) groups excluding carboxylic acids is 1. The topological polar surface area (TPSA) is 34.0 Å². The summed E-state index contributed by atoms with van der Waals surface area (Å²) in [5, 5.41) is 3.99. The Morgan fingerprint density at radius 1 is 0.889 bits per heavy atom. The van der Waals surface area contributed by atoms with Gasteiger partial charge in [0, 0.05) is 29.3 Å². The second kappa shape index (κ2) is 7.46. The molecule has 1 aromatic heterocycles. The number of rotatable bonds is 5. The maximum absolute atomic E-state index is 13.2. The highest BCUT2D eigenvalue weighted by Crippen LogP contribution is 2.23. The van der Waals surface area contributed by atoms with Crippen molar-refractivity contribution in [1.82, 2.24) is 4.57 Å². The number of hydrogen-bond acceptors (Lipinski definition) is 1. The third-order valence-corrected chi connectivity index (χ3v) is 4.55. The summed E-state index contributed by atoms with van der Waals surface area (Å²) in [7, 11) is 0. The van der Waals surface area contributed by atoms with E-state index in [0.29, 0.717) is 13.0 Å². The molecule has 134 valence electrons. The molecular weight excluding hydrogens is 339 g/mol. The Kier molecular flexibility index (Phi) is 4.71. The highest BCUT2D eigenvalue weighted by molar-refractivity contribution is 5.96. The Balaban J connectivity index is 1.59. The second-order valence-corrected chi connectivity index (χ2v) is 6.52. The molecule has 0 aliphatic heterocycles. The fourth-order valence-electron chi connectivity index (χ4n) is 3.28. The van der Waals surface area contributed by atoms with Crippen molar-refractivity contribution in [2.24, 2.45) is 0 Å². The number of carbonyl (C=O) groups is 1. The van der Waals surface area contributed by atoms with Gasteiger partial charge in [-0.15, -0.1) is 0 Å². The molecule has 0 aliphatic rings. The van der Waals surface area contributed by atoms with Crippen LogP contribution >= 0.6 is 0 Å². The van der Waals surface area contributed by atoms with Crippen LogP contribution in [0.4, 0.5) is 10.1 Å². The summed E-state index contributed by atoms with van der Waals surface area (Å²) >= 11 is 0. The van der Waals surface area contributed by atoms with Gasteiger partial charge in [0.2, 0.25) is 5.91 Å². The summed E-state index contributed by atoms with van der Waals surface area (Å²) in [5.41, 5.74) is 3.83. The number of anilines is 1. The van der Waals surface area contributed by atoms with E-state index in [1.54, 1.807) is 12.1 Å². The van der Waals surface area contributed by atoms with Crippen molar-refractivity contribution in [1.29, 1.82) is 0 Å². The SMILES string of the molecule is O=C(Cc1cn(Cc2ccc(F)cc2)c2ccccc12)Nc1ccccc1. The molecule has 0 saturated heterocycles. The predicted molar refractivity (Wildman–Crippen MR) is 106 cm³/mol. The van der Waals surface area contributed by atoms with Crippen molar-refractivity contribution < 1.29 is 9.18 Å². The molecule has 0 atom stereocenters. The van der Waals surface area contributed by atoms with E-state index in [4.69, 9.17) is 0 Å². The summed E-state index contributed by atoms with van der Waals surface area (Å²) in [6, 6.07) is 24.0. The number of benzene rings is 3. The van der Waals surface area contributed by atoms with Gasteiger partial charge >= 0.3 is 0 Å². The lowest BCUT2D eigenvalue weighted by Crippen LogP contribution is -2.14. The largest absolute Gasteiger partial charge is 0.343 e. The van der Waals surface area contributed by atoms with Crippen LogP contribution in [-0.4, -0.2) is 10.5 Å². The van der Waals surface area contributed by atoms with Gasteiger partial charge in [0.1, 0.15) is 5.82 Å². The molecule has 0 spiro atoms. The zero-order valence-electron chi connectivity index (χ0n) is 14.7. The monoisotopic (exact) mass is 358 g/mol.